The molecule has 0 aliphatic heterocycles. The molecule has 0 aliphatic carbocycles. The number of benzene rings is 1. The van der Waals surface area contributed by atoms with E-state index in [4.69, 9.17) is 5.14 Å². The smallest absolute Gasteiger partial charge is 0.273 e. The highest BCUT2D eigenvalue weighted by Gasteiger charge is 2.22. The number of aromatic nitrogens is 1. The van der Waals surface area contributed by atoms with Crippen molar-refractivity contribution in [2.24, 2.45) is 5.14 Å². The van der Waals surface area contributed by atoms with Crippen molar-refractivity contribution >= 4 is 38.6 Å². The van der Waals surface area contributed by atoms with E-state index >= 15 is 0 Å². The Bertz CT molecular complexity index is 1010. The van der Waals surface area contributed by atoms with Gasteiger partial charge in [0, 0.05) is 12.4 Å². The number of carbonyl (C=O) groups is 1. The second kappa shape index (κ2) is 7.28. The number of hydrogen-bond donors (Lipinski definition) is 1. The topological polar surface area (TPSA) is 93.4 Å². The van der Waals surface area contributed by atoms with Crippen molar-refractivity contribution in [1.29, 1.82) is 0 Å². The molecule has 26 heavy (non-hydrogen) atoms. The summed E-state index contributed by atoms with van der Waals surface area (Å²) in [4.78, 5) is 19.8. The molecule has 2 heterocycles. The largest absolute Gasteiger partial charge is 0.334 e. The fourth-order valence-corrected chi connectivity index (χ4v) is 4.53. The molecule has 0 saturated carbocycles. The Morgan fingerprint density at radius 3 is 2.46 bits per heavy atom. The quantitative estimate of drug-likeness (QED) is 0.702. The molecule has 2 N–H and O–H groups in total. The number of thiazole rings is 1. The minimum atomic E-state index is -3.73. The fourth-order valence-electron chi connectivity index (χ4n) is 2.40. The van der Waals surface area contributed by atoms with E-state index in [1.165, 1.54) is 23.5 Å². The molecule has 0 saturated heterocycles. The predicted octanol–water partition coefficient (Wildman–Crippen LogP) is 3.35. The van der Waals surface area contributed by atoms with Gasteiger partial charge in [0.15, 0.2) is 0 Å². The maximum Gasteiger partial charge on any atom is 0.273 e. The summed E-state index contributed by atoms with van der Waals surface area (Å²) in [6.07, 6.45) is 0. The predicted molar refractivity (Wildman–Crippen MR) is 104 cm³/mol. The molecule has 1 amide bonds. The first-order valence-corrected chi connectivity index (χ1v) is 11.0. The highest BCUT2D eigenvalue weighted by molar-refractivity contribution is 7.89. The highest BCUT2D eigenvalue weighted by Crippen LogP contribution is 2.29. The molecule has 3 aromatic rings. The molecule has 1 aromatic carbocycles. The second-order valence-electron chi connectivity index (χ2n) is 5.72. The van der Waals surface area contributed by atoms with Crippen LogP contribution in [0.4, 0.5) is 0 Å². The number of primary sulfonamides is 1. The van der Waals surface area contributed by atoms with Gasteiger partial charge in [0.1, 0.15) is 10.7 Å². The number of nitrogens with zero attached hydrogens (tertiary/aromatic N) is 2. The summed E-state index contributed by atoms with van der Waals surface area (Å²) in [6.45, 7) is 1.87. The lowest BCUT2D eigenvalue weighted by Gasteiger charge is -2.24. The van der Waals surface area contributed by atoms with Crippen molar-refractivity contribution in [3.8, 4) is 9.88 Å². The SMILES string of the molecule is C[C@@H](c1ccc(S(N)(=O)=O)cc1)N(C)C(=O)c1csc(-c2cccs2)n1. The van der Waals surface area contributed by atoms with Gasteiger partial charge < -0.3 is 4.90 Å². The molecule has 0 spiro atoms. The lowest BCUT2D eigenvalue weighted by Crippen LogP contribution is -2.30. The van der Waals surface area contributed by atoms with Gasteiger partial charge in [-0.25, -0.2) is 18.5 Å². The van der Waals surface area contributed by atoms with Crippen LogP contribution in [0.25, 0.3) is 9.88 Å². The zero-order chi connectivity index (χ0) is 18.9. The van der Waals surface area contributed by atoms with Crippen LogP contribution in [0.3, 0.4) is 0 Å². The van der Waals surface area contributed by atoms with Gasteiger partial charge in [0.2, 0.25) is 10.0 Å². The molecule has 9 heteroatoms. The number of rotatable bonds is 5. The van der Waals surface area contributed by atoms with Gasteiger partial charge in [0.05, 0.1) is 15.8 Å². The summed E-state index contributed by atoms with van der Waals surface area (Å²) in [5, 5.41) is 9.66. The molecule has 0 bridgehead atoms. The fraction of sp³-hybridized carbons (Fsp3) is 0.176. The summed E-state index contributed by atoms with van der Waals surface area (Å²) in [6, 6.07) is 9.87. The molecule has 0 fully saturated rings. The van der Waals surface area contributed by atoms with Crippen molar-refractivity contribution in [2.45, 2.75) is 17.9 Å². The average molecular weight is 408 g/mol. The minimum absolute atomic E-state index is 0.0440. The lowest BCUT2D eigenvalue weighted by molar-refractivity contribution is 0.0737. The molecule has 1 atom stereocenters. The Hall–Kier alpha value is -2.07. The number of amides is 1. The van der Waals surface area contributed by atoms with E-state index in [2.05, 4.69) is 4.98 Å². The molecular weight excluding hydrogens is 390 g/mol. The Labute approximate surface area is 160 Å². The van der Waals surface area contributed by atoms with Gasteiger partial charge >= 0.3 is 0 Å². The molecule has 0 radical (unpaired) electrons. The van der Waals surface area contributed by atoms with Crippen molar-refractivity contribution in [2.75, 3.05) is 7.05 Å². The Balaban J connectivity index is 1.77. The number of hydrogen-bond acceptors (Lipinski definition) is 6. The van der Waals surface area contributed by atoms with Gasteiger partial charge in [-0.05, 0) is 36.1 Å². The second-order valence-corrected chi connectivity index (χ2v) is 9.09. The van der Waals surface area contributed by atoms with Crippen LogP contribution in [0.5, 0.6) is 0 Å². The zero-order valence-corrected chi connectivity index (χ0v) is 16.6. The van der Waals surface area contributed by atoms with Crippen LogP contribution in [0.2, 0.25) is 0 Å². The average Bonchev–Trinajstić information content (AvgIpc) is 3.30. The van der Waals surface area contributed by atoms with E-state index < -0.39 is 10.0 Å². The van der Waals surface area contributed by atoms with E-state index in [9.17, 15) is 13.2 Å². The van der Waals surface area contributed by atoms with E-state index in [1.807, 2.05) is 24.4 Å². The van der Waals surface area contributed by atoms with Crippen LogP contribution < -0.4 is 5.14 Å². The third-order valence-electron chi connectivity index (χ3n) is 4.05. The molecule has 3 rings (SSSR count). The van der Waals surface area contributed by atoms with Crippen LogP contribution in [-0.2, 0) is 10.0 Å². The minimum Gasteiger partial charge on any atom is -0.334 e. The molecule has 0 aliphatic rings. The summed E-state index contributed by atoms with van der Waals surface area (Å²) < 4.78 is 22.7. The highest BCUT2D eigenvalue weighted by atomic mass is 32.2. The lowest BCUT2D eigenvalue weighted by atomic mass is 10.1. The maximum absolute atomic E-state index is 12.7. The number of carbonyl (C=O) groups excluding carboxylic acids is 1. The van der Waals surface area contributed by atoms with Crippen LogP contribution in [0.15, 0.2) is 52.1 Å². The third-order valence-corrected chi connectivity index (χ3v) is 6.86. The first-order valence-electron chi connectivity index (χ1n) is 7.66. The Morgan fingerprint density at radius 1 is 1.19 bits per heavy atom. The molecule has 136 valence electrons. The van der Waals surface area contributed by atoms with Crippen molar-refractivity contribution in [1.82, 2.24) is 9.88 Å². The summed E-state index contributed by atoms with van der Waals surface area (Å²) in [7, 11) is -2.03. The monoisotopic (exact) mass is 407 g/mol. The summed E-state index contributed by atoms with van der Waals surface area (Å²) in [5.74, 6) is -0.188. The van der Waals surface area contributed by atoms with Crippen LogP contribution in [0, 0.1) is 0 Å². The number of sulfonamides is 1. The molecule has 2 aromatic heterocycles. The Kier molecular flexibility index (Phi) is 5.24. The van der Waals surface area contributed by atoms with Gasteiger partial charge in [-0.15, -0.1) is 22.7 Å². The van der Waals surface area contributed by atoms with Gasteiger partial charge in [0.25, 0.3) is 5.91 Å². The molecule has 0 unspecified atom stereocenters. The van der Waals surface area contributed by atoms with E-state index in [-0.39, 0.29) is 16.8 Å². The molecule has 6 nitrogen and oxygen atoms in total. The van der Waals surface area contributed by atoms with Crippen LogP contribution in [-0.4, -0.2) is 31.3 Å². The number of nitrogens with two attached hydrogens (primary N) is 1. The standard InChI is InChI=1S/C17H17N3O3S3/c1-11(12-5-7-13(8-6-12)26(18,22)23)20(2)17(21)14-10-25-16(19-14)15-4-3-9-24-15/h3-11H,1-2H3,(H2,18,22,23)/t11-/m0/s1. The first kappa shape index (κ1) is 18.7. The summed E-state index contributed by atoms with van der Waals surface area (Å²) in [5.41, 5.74) is 1.20. The third kappa shape index (κ3) is 3.85. The van der Waals surface area contributed by atoms with Crippen molar-refractivity contribution < 1.29 is 13.2 Å². The summed E-state index contributed by atoms with van der Waals surface area (Å²) >= 11 is 3.02. The normalized spacial score (nSPS) is 12.7. The van der Waals surface area contributed by atoms with E-state index in [0.717, 1.165) is 15.4 Å². The van der Waals surface area contributed by atoms with Crippen LogP contribution in [0.1, 0.15) is 29.0 Å². The number of thiophene rings is 1. The van der Waals surface area contributed by atoms with Gasteiger partial charge in [-0.2, -0.15) is 0 Å². The van der Waals surface area contributed by atoms with Gasteiger partial charge in [-0.1, -0.05) is 18.2 Å². The van der Waals surface area contributed by atoms with Gasteiger partial charge in [-0.3, -0.25) is 4.79 Å². The zero-order valence-electron chi connectivity index (χ0n) is 14.1. The maximum atomic E-state index is 12.7. The van der Waals surface area contributed by atoms with E-state index in [0.29, 0.717) is 5.69 Å². The van der Waals surface area contributed by atoms with E-state index in [1.54, 1.807) is 40.8 Å². The first-order chi connectivity index (χ1) is 12.3. The van der Waals surface area contributed by atoms with Crippen molar-refractivity contribution in [3.05, 3.63) is 58.4 Å². The molecular formula is C17H17N3O3S3. The van der Waals surface area contributed by atoms with Crippen molar-refractivity contribution in [3.63, 3.8) is 0 Å². The Morgan fingerprint density at radius 2 is 1.88 bits per heavy atom. The van der Waals surface area contributed by atoms with Crippen LogP contribution >= 0.6 is 22.7 Å².